The highest BCUT2D eigenvalue weighted by Gasteiger charge is 2.28. The van der Waals surface area contributed by atoms with Crippen LogP contribution in [-0.2, 0) is 11.3 Å². The number of aryl methyl sites for hydroxylation is 1. The molecule has 0 saturated carbocycles. The second-order valence-electron chi connectivity index (χ2n) is 6.91. The maximum atomic E-state index is 13.8. The number of halogens is 3. The van der Waals surface area contributed by atoms with E-state index < -0.39 is 30.8 Å². The van der Waals surface area contributed by atoms with E-state index in [1.807, 2.05) is 0 Å². The number of carbonyl (C=O) groups excluding carboxylic acids is 1. The quantitative estimate of drug-likeness (QED) is 0.690. The summed E-state index contributed by atoms with van der Waals surface area (Å²) in [7, 11) is 0. The van der Waals surface area contributed by atoms with Gasteiger partial charge in [-0.2, -0.15) is 5.10 Å². The molecule has 1 aliphatic heterocycles. The first-order chi connectivity index (χ1) is 14.4. The van der Waals surface area contributed by atoms with Crippen molar-refractivity contribution in [1.29, 1.82) is 0 Å². The summed E-state index contributed by atoms with van der Waals surface area (Å²) < 4.78 is 62.6. The Morgan fingerprint density at radius 2 is 1.93 bits per heavy atom. The summed E-state index contributed by atoms with van der Waals surface area (Å²) in [5.74, 6) is -4.30. The minimum absolute atomic E-state index is 0.141. The number of amides is 1. The van der Waals surface area contributed by atoms with E-state index >= 15 is 0 Å². The van der Waals surface area contributed by atoms with Gasteiger partial charge in [0.25, 0.3) is 11.8 Å². The van der Waals surface area contributed by atoms with Crippen LogP contribution in [0.3, 0.4) is 0 Å². The molecule has 0 aliphatic carbocycles. The fraction of sp³-hybridized carbons (Fsp3) is 0.238. The SMILES string of the molecule is [2H]C1([2H])Oc2ccc(-c3c(C)nn(CC(C)(F)F)c3-c3ccc(F)cc3)cc2NC1=O. The molecule has 0 unspecified atom stereocenters. The van der Waals surface area contributed by atoms with Crippen molar-refractivity contribution in [3.05, 3.63) is 54.0 Å². The van der Waals surface area contributed by atoms with Gasteiger partial charge in [0.1, 0.15) is 18.1 Å². The number of carbonyl (C=O) groups is 1. The van der Waals surface area contributed by atoms with Gasteiger partial charge < -0.3 is 10.1 Å². The molecule has 2 aromatic carbocycles. The smallest absolute Gasteiger partial charge is 0.264 e. The highest BCUT2D eigenvalue weighted by Crippen LogP contribution is 2.39. The average Bonchev–Trinajstić information content (AvgIpc) is 2.96. The summed E-state index contributed by atoms with van der Waals surface area (Å²) in [6, 6.07) is 10.1. The predicted octanol–water partition coefficient (Wildman–Crippen LogP) is 4.65. The second-order valence-corrected chi connectivity index (χ2v) is 6.91. The third-order valence-corrected chi connectivity index (χ3v) is 4.44. The minimum Gasteiger partial charge on any atom is -0.482 e. The lowest BCUT2D eigenvalue weighted by Crippen LogP contribution is -2.25. The molecule has 2 heterocycles. The zero-order valence-electron chi connectivity index (χ0n) is 17.6. The fourth-order valence-corrected chi connectivity index (χ4v) is 3.33. The number of hydrogen-bond donors (Lipinski definition) is 1. The lowest BCUT2D eigenvalue weighted by Gasteiger charge is -2.19. The maximum Gasteiger partial charge on any atom is 0.264 e. The summed E-state index contributed by atoms with van der Waals surface area (Å²) >= 11 is 0. The van der Waals surface area contributed by atoms with Gasteiger partial charge in [-0.3, -0.25) is 9.48 Å². The first kappa shape index (κ1) is 16.6. The third-order valence-electron chi connectivity index (χ3n) is 4.44. The number of benzene rings is 2. The lowest BCUT2D eigenvalue weighted by atomic mass is 9.98. The van der Waals surface area contributed by atoms with Crippen molar-refractivity contribution in [3.63, 3.8) is 0 Å². The van der Waals surface area contributed by atoms with Crippen molar-refractivity contribution in [2.75, 3.05) is 11.9 Å². The van der Waals surface area contributed by atoms with Gasteiger partial charge in [0.05, 0.1) is 19.8 Å². The van der Waals surface area contributed by atoms with E-state index in [0.717, 1.165) is 6.92 Å². The number of fused-ring (bicyclic) bond motifs is 1. The van der Waals surface area contributed by atoms with E-state index in [9.17, 15) is 18.0 Å². The summed E-state index contributed by atoms with van der Waals surface area (Å²) in [4.78, 5) is 11.9. The van der Waals surface area contributed by atoms with E-state index in [1.54, 1.807) is 19.1 Å². The Morgan fingerprint density at radius 1 is 1.24 bits per heavy atom. The Labute approximate surface area is 167 Å². The molecule has 0 radical (unpaired) electrons. The highest BCUT2D eigenvalue weighted by atomic mass is 19.3. The number of ether oxygens (including phenoxy) is 1. The standard InChI is InChI=1S/C21H18F3N3O2/c1-12-19(14-5-8-17-16(9-14)25-18(28)10-29-17)20(13-3-6-15(22)7-4-13)27(26-12)11-21(2,23)24/h3-9H,10-11H2,1-2H3,(H,25,28)/i10D2. The van der Waals surface area contributed by atoms with Crippen molar-refractivity contribution < 1.29 is 25.4 Å². The molecule has 1 aromatic heterocycles. The number of aromatic nitrogens is 2. The average molecular weight is 403 g/mol. The molecular formula is C21H18F3N3O2. The van der Waals surface area contributed by atoms with Gasteiger partial charge in [0, 0.05) is 18.1 Å². The van der Waals surface area contributed by atoms with Crippen molar-refractivity contribution in [3.8, 4) is 28.1 Å². The van der Waals surface area contributed by atoms with E-state index in [2.05, 4.69) is 10.4 Å². The summed E-state index contributed by atoms with van der Waals surface area (Å²) in [6.07, 6.45) is 0. The monoisotopic (exact) mass is 403 g/mol. The predicted molar refractivity (Wildman–Crippen MR) is 103 cm³/mol. The molecule has 0 bridgehead atoms. The Kier molecular flexibility index (Phi) is 3.99. The van der Waals surface area contributed by atoms with Crippen LogP contribution in [0, 0.1) is 12.7 Å². The molecule has 1 aliphatic rings. The highest BCUT2D eigenvalue weighted by molar-refractivity contribution is 5.97. The van der Waals surface area contributed by atoms with Crippen LogP contribution >= 0.6 is 0 Å². The minimum atomic E-state index is -3.03. The first-order valence-corrected chi connectivity index (χ1v) is 8.81. The van der Waals surface area contributed by atoms with Crippen molar-refractivity contribution in [2.45, 2.75) is 26.3 Å². The van der Waals surface area contributed by atoms with Gasteiger partial charge in [0.15, 0.2) is 6.56 Å². The normalized spacial score (nSPS) is 16.4. The lowest BCUT2D eigenvalue weighted by molar-refractivity contribution is -0.118. The number of rotatable bonds is 4. The molecule has 3 aromatic rings. The fourth-order valence-electron chi connectivity index (χ4n) is 3.33. The van der Waals surface area contributed by atoms with Gasteiger partial charge in [-0.1, -0.05) is 6.07 Å². The summed E-state index contributed by atoms with van der Waals surface area (Å²) in [5.41, 5.74) is 2.65. The largest absolute Gasteiger partial charge is 0.482 e. The molecule has 0 saturated heterocycles. The van der Waals surface area contributed by atoms with Crippen LogP contribution < -0.4 is 10.1 Å². The first-order valence-electron chi connectivity index (χ1n) is 9.81. The maximum absolute atomic E-state index is 13.8. The second kappa shape index (κ2) is 6.95. The van der Waals surface area contributed by atoms with E-state index in [0.29, 0.717) is 28.1 Å². The van der Waals surface area contributed by atoms with Crippen molar-refractivity contribution in [2.24, 2.45) is 0 Å². The van der Waals surface area contributed by atoms with E-state index in [4.69, 9.17) is 7.48 Å². The molecule has 1 amide bonds. The Hall–Kier alpha value is -3.29. The zero-order chi connectivity index (χ0) is 22.6. The van der Waals surface area contributed by atoms with Gasteiger partial charge in [-0.05, 0) is 48.9 Å². The number of hydrogen-bond acceptors (Lipinski definition) is 3. The van der Waals surface area contributed by atoms with Crippen LogP contribution in [0.2, 0.25) is 0 Å². The molecule has 0 spiro atoms. The molecule has 8 heteroatoms. The van der Waals surface area contributed by atoms with Crippen LogP contribution in [0.25, 0.3) is 22.4 Å². The Bertz CT molecular complexity index is 1170. The van der Waals surface area contributed by atoms with Crippen molar-refractivity contribution in [1.82, 2.24) is 9.78 Å². The van der Waals surface area contributed by atoms with Crippen LogP contribution in [0.5, 0.6) is 5.75 Å². The molecule has 4 rings (SSSR count). The van der Waals surface area contributed by atoms with Crippen LogP contribution in [0.1, 0.15) is 15.4 Å². The van der Waals surface area contributed by atoms with Crippen LogP contribution in [0.4, 0.5) is 18.9 Å². The number of nitrogens with zero attached hydrogens (tertiary/aromatic N) is 2. The van der Waals surface area contributed by atoms with E-state index in [1.165, 1.54) is 35.0 Å². The molecule has 5 nitrogen and oxygen atoms in total. The Morgan fingerprint density at radius 3 is 2.62 bits per heavy atom. The number of anilines is 1. The summed E-state index contributed by atoms with van der Waals surface area (Å²) in [6.45, 7) is -0.718. The Balaban J connectivity index is 1.88. The van der Waals surface area contributed by atoms with Crippen molar-refractivity contribution >= 4 is 11.6 Å². The number of alkyl halides is 2. The van der Waals surface area contributed by atoms with Gasteiger partial charge in [0.2, 0.25) is 0 Å². The molecule has 0 fully saturated rings. The molecule has 29 heavy (non-hydrogen) atoms. The topological polar surface area (TPSA) is 56.1 Å². The van der Waals surface area contributed by atoms with Crippen LogP contribution in [0.15, 0.2) is 42.5 Å². The zero-order valence-corrected chi connectivity index (χ0v) is 15.6. The van der Waals surface area contributed by atoms with Gasteiger partial charge in [-0.15, -0.1) is 0 Å². The molecule has 0 atom stereocenters. The number of nitrogens with one attached hydrogen (secondary N) is 1. The van der Waals surface area contributed by atoms with Gasteiger partial charge in [-0.25, -0.2) is 13.2 Å². The molecule has 150 valence electrons. The molecule has 1 N–H and O–H groups in total. The molecular weight excluding hydrogens is 383 g/mol. The summed E-state index contributed by atoms with van der Waals surface area (Å²) in [5, 5.41) is 6.74. The van der Waals surface area contributed by atoms with Crippen LogP contribution in [-0.4, -0.2) is 28.2 Å². The van der Waals surface area contributed by atoms with E-state index in [-0.39, 0.29) is 11.4 Å². The third kappa shape index (κ3) is 3.83. The van der Waals surface area contributed by atoms with Gasteiger partial charge >= 0.3 is 0 Å².